The summed E-state index contributed by atoms with van der Waals surface area (Å²) < 4.78 is 0. The van der Waals surface area contributed by atoms with Crippen LogP contribution in [0.25, 0.3) is 0 Å². The monoisotopic (exact) mass is 156 g/mol. The summed E-state index contributed by atoms with van der Waals surface area (Å²) in [7, 11) is 0. The predicted octanol–water partition coefficient (Wildman–Crippen LogP) is 1.55. The summed E-state index contributed by atoms with van der Waals surface area (Å²) in [6.07, 6.45) is 2.54. The van der Waals surface area contributed by atoms with E-state index in [1.54, 1.807) is 0 Å². The Hall–Kier alpha value is -0.440. The molecule has 1 rings (SSSR count). The number of rotatable bonds is 1. The predicted molar refractivity (Wildman–Crippen MR) is 46.6 cm³/mol. The molecule has 0 spiro atoms. The van der Waals surface area contributed by atoms with Gasteiger partial charge in [-0.15, -0.1) is 0 Å². The fourth-order valence-corrected chi connectivity index (χ4v) is 1.80. The summed E-state index contributed by atoms with van der Waals surface area (Å²) in [6.45, 7) is 4.85. The molecule has 0 bridgehead atoms. The van der Waals surface area contributed by atoms with E-state index in [1.165, 1.54) is 18.5 Å². The zero-order valence-corrected chi connectivity index (χ0v) is 6.78. The van der Waals surface area contributed by atoms with E-state index in [1.807, 2.05) is 16.7 Å². The number of hydrogen-bond acceptors (Lipinski definition) is 2. The first-order chi connectivity index (χ1) is 4.84. The van der Waals surface area contributed by atoms with Crippen LogP contribution in [0.4, 0.5) is 0 Å². The van der Waals surface area contributed by atoms with E-state index in [0.29, 0.717) is 0 Å². The van der Waals surface area contributed by atoms with E-state index in [2.05, 4.69) is 6.58 Å². The van der Waals surface area contributed by atoms with E-state index in [-0.39, 0.29) is 0 Å². The van der Waals surface area contributed by atoms with Crippen LogP contribution < -0.4 is 0 Å². The second-order valence-corrected chi connectivity index (χ2v) is 3.40. The molecule has 0 aliphatic carbocycles. The van der Waals surface area contributed by atoms with Gasteiger partial charge in [-0.1, -0.05) is 6.58 Å². The van der Waals surface area contributed by atoms with Gasteiger partial charge in [0.15, 0.2) is 0 Å². The molecule has 0 atom stereocenters. The second-order valence-electron chi connectivity index (χ2n) is 2.29. The van der Waals surface area contributed by atoms with Gasteiger partial charge in [0.25, 0.3) is 0 Å². The Labute approximate surface area is 65.8 Å². The third-order valence-electron chi connectivity index (χ3n) is 1.52. The Kier molecular flexibility index (Phi) is 2.81. The van der Waals surface area contributed by atoms with Crippen LogP contribution in [0.3, 0.4) is 0 Å². The molecular weight excluding hydrogens is 144 g/mol. The fourth-order valence-electron chi connectivity index (χ4n) is 0.924. The van der Waals surface area contributed by atoms with Crippen molar-refractivity contribution in [1.82, 2.24) is 4.90 Å². The molecule has 1 fully saturated rings. The van der Waals surface area contributed by atoms with Crippen molar-refractivity contribution in [3.8, 4) is 0 Å². The highest BCUT2D eigenvalue weighted by molar-refractivity contribution is 7.99. The Balaban J connectivity index is 2.51. The van der Waals surface area contributed by atoms with Gasteiger partial charge >= 0.3 is 0 Å². The van der Waals surface area contributed by atoms with Crippen molar-refractivity contribution in [3.63, 3.8) is 0 Å². The largest absolute Gasteiger partial charge is 0.336 e. The maximum atomic E-state index is 7.06. The van der Waals surface area contributed by atoms with Crippen LogP contribution in [0.5, 0.6) is 0 Å². The summed E-state index contributed by atoms with van der Waals surface area (Å²) in [5.41, 5.74) is 1.07. The first kappa shape index (κ1) is 7.66. The lowest BCUT2D eigenvalue weighted by Gasteiger charge is -2.16. The molecule has 1 aliphatic rings. The van der Waals surface area contributed by atoms with Crippen LogP contribution in [-0.2, 0) is 0 Å². The van der Waals surface area contributed by atoms with Crippen LogP contribution in [0.15, 0.2) is 12.3 Å². The standard InChI is InChI=1S/C7H12N2S/c1-7-5-10-4-2-3-9(7)6-8/h6,8H,1-5H2. The van der Waals surface area contributed by atoms with Crippen LogP contribution in [0.2, 0.25) is 0 Å². The molecule has 2 nitrogen and oxygen atoms in total. The van der Waals surface area contributed by atoms with E-state index in [4.69, 9.17) is 5.41 Å². The number of nitrogens with zero attached hydrogens (tertiary/aromatic N) is 1. The molecule has 0 aromatic heterocycles. The summed E-state index contributed by atoms with van der Waals surface area (Å²) in [4.78, 5) is 1.92. The van der Waals surface area contributed by atoms with Crippen molar-refractivity contribution < 1.29 is 0 Å². The number of hydrogen-bond donors (Lipinski definition) is 1. The molecule has 0 saturated carbocycles. The summed E-state index contributed by atoms with van der Waals surface area (Å²) in [5, 5.41) is 7.06. The molecular formula is C7H12N2S. The van der Waals surface area contributed by atoms with Crippen molar-refractivity contribution >= 4 is 18.1 Å². The minimum absolute atomic E-state index is 0.968. The highest BCUT2D eigenvalue weighted by Crippen LogP contribution is 2.15. The van der Waals surface area contributed by atoms with Gasteiger partial charge in [0.1, 0.15) is 0 Å². The van der Waals surface area contributed by atoms with Gasteiger partial charge in [0, 0.05) is 18.0 Å². The van der Waals surface area contributed by atoms with E-state index < -0.39 is 0 Å². The van der Waals surface area contributed by atoms with Gasteiger partial charge in [-0.2, -0.15) is 11.8 Å². The molecule has 56 valence electrons. The zero-order valence-electron chi connectivity index (χ0n) is 5.97. The Morgan fingerprint density at radius 3 is 3.20 bits per heavy atom. The third-order valence-corrected chi connectivity index (χ3v) is 2.63. The normalized spacial score (nSPS) is 20.4. The van der Waals surface area contributed by atoms with Gasteiger partial charge in [-0.25, -0.2) is 0 Å². The molecule has 10 heavy (non-hydrogen) atoms. The zero-order chi connectivity index (χ0) is 7.40. The second kappa shape index (κ2) is 3.66. The van der Waals surface area contributed by atoms with Gasteiger partial charge in [0.05, 0.1) is 6.34 Å². The van der Waals surface area contributed by atoms with Crippen LogP contribution in [-0.4, -0.2) is 29.3 Å². The molecule has 1 N–H and O–H groups in total. The number of thioether (sulfide) groups is 1. The fraction of sp³-hybridized carbons (Fsp3) is 0.571. The lowest BCUT2D eigenvalue weighted by Crippen LogP contribution is -2.20. The average molecular weight is 156 g/mol. The molecule has 1 heterocycles. The molecule has 0 aromatic rings. The van der Waals surface area contributed by atoms with Crippen molar-refractivity contribution in [3.05, 3.63) is 12.3 Å². The maximum Gasteiger partial charge on any atom is 0.0859 e. The minimum Gasteiger partial charge on any atom is -0.336 e. The van der Waals surface area contributed by atoms with Crippen LogP contribution in [0, 0.1) is 5.41 Å². The van der Waals surface area contributed by atoms with Crippen molar-refractivity contribution in [1.29, 1.82) is 5.41 Å². The Bertz CT molecular complexity index is 145. The van der Waals surface area contributed by atoms with E-state index in [0.717, 1.165) is 18.0 Å². The smallest absolute Gasteiger partial charge is 0.0859 e. The van der Waals surface area contributed by atoms with Gasteiger partial charge in [-0.3, -0.25) is 5.41 Å². The molecule has 0 aromatic carbocycles. The molecule has 0 amide bonds. The van der Waals surface area contributed by atoms with Gasteiger partial charge in [-0.05, 0) is 12.2 Å². The summed E-state index contributed by atoms with van der Waals surface area (Å²) in [6, 6.07) is 0. The summed E-state index contributed by atoms with van der Waals surface area (Å²) >= 11 is 1.90. The quantitative estimate of drug-likeness (QED) is 0.460. The molecule has 1 saturated heterocycles. The van der Waals surface area contributed by atoms with Crippen LogP contribution in [0.1, 0.15) is 6.42 Å². The topological polar surface area (TPSA) is 27.1 Å². The molecule has 0 radical (unpaired) electrons. The Morgan fingerprint density at radius 2 is 2.50 bits per heavy atom. The van der Waals surface area contributed by atoms with Crippen molar-refractivity contribution in [2.24, 2.45) is 0 Å². The van der Waals surface area contributed by atoms with Crippen molar-refractivity contribution in [2.45, 2.75) is 6.42 Å². The SMILES string of the molecule is C=C1CSCCCN1C=N. The van der Waals surface area contributed by atoms with Crippen LogP contribution >= 0.6 is 11.8 Å². The Morgan fingerprint density at radius 1 is 1.70 bits per heavy atom. The highest BCUT2D eigenvalue weighted by atomic mass is 32.2. The number of nitrogens with one attached hydrogen (secondary N) is 1. The molecule has 0 unspecified atom stereocenters. The van der Waals surface area contributed by atoms with Crippen molar-refractivity contribution in [2.75, 3.05) is 18.1 Å². The lowest BCUT2D eigenvalue weighted by molar-refractivity contribution is 0.532. The molecule has 3 heteroatoms. The van der Waals surface area contributed by atoms with E-state index >= 15 is 0 Å². The van der Waals surface area contributed by atoms with Gasteiger partial charge in [0.2, 0.25) is 0 Å². The van der Waals surface area contributed by atoms with Gasteiger partial charge < -0.3 is 4.90 Å². The average Bonchev–Trinajstić information content (AvgIpc) is 2.13. The maximum absolute atomic E-state index is 7.06. The first-order valence-corrected chi connectivity index (χ1v) is 4.53. The lowest BCUT2D eigenvalue weighted by atomic mass is 10.4. The van der Waals surface area contributed by atoms with E-state index in [9.17, 15) is 0 Å². The highest BCUT2D eigenvalue weighted by Gasteiger charge is 2.08. The third kappa shape index (κ3) is 1.77. The summed E-state index contributed by atoms with van der Waals surface area (Å²) in [5.74, 6) is 2.18. The molecule has 1 aliphatic heterocycles. The first-order valence-electron chi connectivity index (χ1n) is 3.37. The minimum atomic E-state index is 0.968.